The lowest BCUT2D eigenvalue weighted by Crippen LogP contribution is -2.45. The number of nitrogens with zero attached hydrogens (tertiary/aromatic N) is 3. The van der Waals surface area contributed by atoms with Gasteiger partial charge < -0.3 is 20.4 Å². The average Bonchev–Trinajstić information content (AvgIpc) is 2.48. The van der Waals surface area contributed by atoms with E-state index in [-0.39, 0.29) is 11.9 Å². The zero-order valence-corrected chi connectivity index (χ0v) is 14.3. The Morgan fingerprint density at radius 1 is 1.29 bits per heavy atom. The van der Waals surface area contributed by atoms with E-state index in [0.29, 0.717) is 13.0 Å². The fourth-order valence-corrected chi connectivity index (χ4v) is 3.13. The summed E-state index contributed by atoms with van der Waals surface area (Å²) in [4.78, 5) is 18.8. The normalized spacial score (nSPS) is 19.0. The molecule has 21 heavy (non-hydrogen) atoms. The number of likely N-dealkylation sites (N-methyl/N-ethyl adjacent to an activating group) is 1. The van der Waals surface area contributed by atoms with Crippen molar-refractivity contribution in [1.29, 1.82) is 0 Å². The first-order valence-corrected chi connectivity index (χ1v) is 8.38. The van der Waals surface area contributed by atoms with Gasteiger partial charge in [-0.1, -0.05) is 0 Å². The molecule has 2 N–H and O–H groups in total. The van der Waals surface area contributed by atoms with Crippen molar-refractivity contribution in [3.8, 4) is 0 Å². The second kappa shape index (κ2) is 9.38. The Morgan fingerprint density at radius 2 is 1.86 bits per heavy atom. The number of nitrogens with two attached hydrogens (primary N) is 1. The second-order valence-electron chi connectivity index (χ2n) is 6.35. The van der Waals surface area contributed by atoms with E-state index < -0.39 is 0 Å². The Bertz CT molecular complexity index is 299. The molecule has 5 nitrogen and oxygen atoms in total. The summed E-state index contributed by atoms with van der Waals surface area (Å²) in [5.41, 5.74) is 5.91. The first-order valence-electron chi connectivity index (χ1n) is 8.38. The van der Waals surface area contributed by atoms with Gasteiger partial charge in [0.1, 0.15) is 0 Å². The lowest BCUT2D eigenvalue weighted by molar-refractivity contribution is -0.132. The van der Waals surface area contributed by atoms with E-state index in [2.05, 4.69) is 23.9 Å². The Labute approximate surface area is 130 Å². The van der Waals surface area contributed by atoms with Gasteiger partial charge in [-0.25, -0.2) is 0 Å². The molecule has 0 aromatic carbocycles. The zero-order valence-electron chi connectivity index (χ0n) is 14.3. The monoisotopic (exact) mass is 298 g/mol. The van der Waals surface area contributed by atoms with Gasteiger partial charge in [-0.15, -0.1) is 0 Å². The Balaban J connectivity index is 2.45. The summed E-state index contributed by atoms with van der Waals surface area (Å²) in [5.74, 6) is 0.967. The van der Waals surface area contributed by atoms with E-state index in [1.807, 2.05) is 18.7 Å². The van der Waals surface area contributed by atoms with Crippen LogP contribution in [0.1, 0.15) is 33.1 Å². The highest BCUT2D eigenvalue weighted by molar-refractivity contribution is 5.76. The van der Waals surface area contributed by atoms with Crippen LogP contribution in [0.5, 0.6) is 0 Å². The molecule has 0 spiro atoms. The van der Waals surface area contributed by atoms with E-state index in [4.69, 9.17) is 5.73 Å². The number of carbonyl (C=O) groups excluding carboxylic acids is 1. The largest absolute Gasteiger partial charge is 0.343 e. The van der Waals surface area contributed by atoms with Gasteiger partial charge in [0.2, 0.25) is 5.91 Å². The SMILES string of the molecule is CCN(CC)C(=O)CC(CN)N(C)CC1CCN(C)CC1. The van der Waals surface area contributed by atoms with Crippen LogP contribution in [0.2, 0.25) is 0 Å². The van der Waals surface area contributed by atoms with Crippen molar-refractivity contribution in [2.24, 2.45) is 11.7 Å². The molecule has 1 heterocycles. The smallest absolute Gasteiger partial charge is 0.224 e. The molecule has 1 fully saturated rings. The second-order valence-corrected chi connectivity index (χ2v) is 6.35. The lowest BCUT2D eigenvalue weighted by atomic mass is 9.96. The van der Waals surface area contributed by atoms with Crippen LogP contribution in [-0.4, -0.2) is 80.0 Å². The Hall–Kier alpha value is -0.650. The van der Waals surface area contributed by atoms with E-state index in [1.54, 1.807) is 0 Å². The number of hydrogen-bond donors (Lipinski definition) is 1. The predicted molar refractivity (Wildman–Crippen MR) is 88.2 cm³/mol. The first-order chi connectivity index (χ1) is 10.0. The fourth-order valence-electron chi connectivity index (χ4n) is 3.13. The molecule has 1 atom stereocenters. The molecule has 124 valence electrons. The molecule has 1 rings (SSSR count). The Kier molecular flexibility index (Phi) is 8.22. The summed E-state index contributed by atoms with van der Waals surface area (Å²) < 4.78 is 0. The lowest BCUT2D eigenvalue weighted by Gasteiger charge is -2.35. The molecule has 0 aromatic rings. The third-order valence-corrected chi connectivity index (χ3v) is 4.81. The topological polar surface area (TPSA) is 52.8 Å². The van der Waals surface area contributed by atoms with Crippen molar-refractivity contribution in [2.45, 2.75) is 39.2 Å². The number of rotatable bonds is 8. The summed E-state index contributed by atoms with van der Waals surface area (Å²) in [6.45, 7) is 9.60. The minimum absolute atomic E-state index is 0.165. The van der Waals surface area contributed by atoms with E-state index in [1.165, 1.54) is 25.9 Å². The molecule has 1 amide bonds. The zero-order chi connectivity index (χ0) is 15.8. The maximum absolute atomic E-state index is 12.3. The maximum atomic E-state index is 12.3. The van der Waals surface area contributed by atoms with Crippen LogP contribution in [0.15, 0.2) is 0 Å². The van der Waals surface area contributed by atoms with Crippen LogP contribution in [-0.2, 0) is 4.79 Å². The molecular formula is C16H34N4O. The van der Waals surface area contributed by atoms with Gasteiger partial charge in [0.15, 0.2) is 0 Å². The van der Waals surface area contributed by atoms with Crippen molar-refractivity contribution in [1.82, 2.24) is 14.7 Å². The minimum atomic E-state index is 0.165. The minimum Gasteiger partial charge on any atom is -0.343 e. The van der Waals surface area contributed by atoms with E-state index in [9.17, 15) is 4.79 Å². The average molecular weight is 298 g/mol. The number of piperidine rings is 1. The number of amides is 1. The van der Waals surface area contributed by atoms with Gasteiger partial charge in [-0.2, -0.15) is 0 Å². The number of likely N-dealkylation sites (tertiary alicyclic amines) is 1. The van der Waals surface area contributed by atoms with Crippen molar-refractivity contribution < 1.29 is 4.79 Å². The van der Waals surface area contributed by atoms with E-state index in [0.717, 1.165) is 25.6 Å². The molecule has 1 aliphatic heterocycles. The van der Waals surface area contributed by atoms with Crippen molar-refractivity contribution >= 4 is 5.91 Å². The van der Waals surface area contributed by atoms with Gasteiger partial charge in [0.25, 0.3) is 0 Å². The van der Waals surface area contributed by atoms with Crippen LogP contribution < -0.4 is 5.73 Å². The third-order valence-electron chi connectivity index (χ3n) is 4.81. The van der Waals surface area contributed by atoms with Crippen LogP contribution in [0.4, 0.5) is 0 Å². The molecule has 0 bridgehead atoms. The van der Waals surface area contributed by atoms with Crippen molar-refractivity contribution in [2.75, 3.05) is 53.4 Å². The summed E-state index contributed by atoms with van der Waals surface area (Å²) >= 11 is 0. The Morgan fingerprint density at radius 3 is 2.33 bits per heavy atom. The van der Waals surface area contributed by atoms with Gasteiger partial charge in [-0.3, -0.25) is 4.79 Å². The van der Waals surface area contributed by atoms with Gasteiger partial charge in [0.05, 0.1) is 0 Å². The standard InChI is InChI=1S/C16H34N4O/c1-5-20(6-2)16(21)11-15(12-17)19(4)13-14-7-9-18(3)10-8-14/h14-15H,5-13,17H2,1-4H3. The number of carbonyl (C=O) groups is 1. The molecule has 0 aliphatic carbocycles. The quantitative estimate of drug-likeness (QED) is 0.722. The van der Waals surface area contributed by atoms with Crippen LogP contribution >= 0.6 is 0 Å². The summed E-state index contributed by atoms with van der Waals surface area (Å²) in [6, 6.07) is 0.165. The summed E-state index contributed by atoms with van der Waals surface area (Å²) in [7, 11) is 4.30. The van der Waals surface area contributed by atoms with Gasteiger partial charge in [-0.05, 0) is 59.8 Å². The maximum Gasteiger partial charge on any atom is 0.224 e. The third kappa shape index (κ3) is 5.93. The highest BCUT2D eigenvalue weighted by Gasteiger charge is 2.24. The molecule has 1 unspecified atom stereocenters. The molecule has 0 saturated carbocycles. The number of hydrogen-bond acceptors (Lipinski definition) is 4. The van der Waals surface area contributed by atoms with Crippen LogP contribution in [0.25, 0.3) is 0 Å². The van der Waals surface area contributed by atoms with E-state index >= 15 is 0 Å². The summed E-state index contributed by atoms with van der Waals surface area (Å²) in [5, 5.41) is 0. The fraction of sp³-hybridized carbons (Fsp3) is 0.938. The predicted octanol–water partition coefficient (Wildman–Crippen LogP) is 0.846. The van der Waals surface area contributed by atoms with Crippen LogP contribution in [0, 0.1) is 5.92 Å². The summed E-state index contributed by atoms with van der Waals surface area (Å²) in [6.07, 6.45) is 3.05. The van der Waals surface area contributed by atoms with Gasteiger partial charge >= 0.3 is 0 Å². The molecule has 5 heteroatoms. The first kappa shape index (κ1) is 18.4. The van der Waals surface area contributed by atoms with Crippen molar-refractivity contribution in [3.05, 3.63) is 0 Å². The molecule has 1 saturated heterocycles. The molecule has 1 aliphatic rings. The highest BCUT2D eigenvalue weighted by atomic mass is 16.2. The highest BCUT2D eigenvalue weighted by Crippen LogP contribution is 2.18. The van der Waals surface area contributed by atoms with Gasteiger partial charge in [0, 0.05) is 38.6 Å². The van der Waals surface area contributed by atoms with Crippen LogP contribution in [0.3, 0.4) is 0 Å². The molecule has 0 aromatic heterocycles. The molecule has 0 radical (unpaired) electrons. The molecular weight excluding hydrogens is 264 g/mol. The van der Waals surface area contributed by atoms with Crippen molar-refractivity contribution in [3.63, 3.8) is 0 Å².